The van der Waals surface area contributed by atoms with Gasteiger partial charge in [0.2, 0.25) is 0 Å². The fraction of sp³-hybridized carbons (Fsp3) is 0.600. The van der Waals surface area contributed by atoms with Crippen molar-refractivity contribution in [3.8, 4) is 0 Å². The Morgan fingerprint density at radius 2 is 2.00 bits per heavy atom. The Hall–Kier alpha value is -0.670. The minimum absolute atomic E-state index is 0.132. The van der Waals surface area contributed by atoms with Crippen molar-refractivity contribution in [1.82, 2.24) is 5.32 Å². The lowest BCUT2D eigenvalue weighted by Gasteiger charge is -2.39. The summed E-state index contributed by atoms with van der Waals surface area (Å²) < 4.78 is 26.7. The SMILES string of the molecule is CC1CCC(CCl)(NCc2cccc(F)c2F)CC1. The predicted octanol–water partition coefficient (Wildman–Crippen LogP) is 4.24. The monoisotopic (exact) mass is 287 g/mol. The summed E-state index contributed by atoms with van der Waals surface area (Å²) in [6.07, 6.45) is 4.25. The highest BCUT2D eigenvalue weighted by Crippen LogP contribution is 2.33. The van der Waals surface area contributed by atoms with Crippen molar-refractivity contribution in [1.29, 1.82) is 0 Å². The van der Waals surface area contributed by atoms with E-state index in [9.17, 15) is 8.78 Å². The smallest absolute Gasteiger partial charge is 0.163 e. The maximum atomic E-state index is 13.6. The Morgan fingerprint density at radius 3 is 2.63 bits per heavy atom. The molecular formula is C15H20ClF2N. The van der Waals surface area contributed by atoms with Gasteiger partial charge in [-0.1, -0.05) is 19.1 Å². The third kappa shape index (κ3) is 3.46. The Bertz CT molecular complexity index is 428. The third-order valence-electron chi connectivity index (χ3n) is 4.17. The highest BCUT2D eigenvalue weighted by atomic mass is 35.5. The molecule has 0 unspecified atom stereocenters. The molecule has 0 aromatic heterocycles. The summed E-state index contributed by atoms with van der Waals surface area (Å²) in [6.45, 7) is 2.56. The van der Waals surface area contributed by atoms with E-state index < -0.39 is 11.6 Å². The molecule has 4 heteroatoms. The molecule has 0 heterocycles. The van der Waals surface area contributed by atoms with Gasteiger partial charge in [-0.15, -0.1) is 11.6 Å². The number of halogens is 3. The van der Waals surface area contributed by atoms with Crippen LogP contribution in [-0.2, 0) is 6.54 Å². The van der Waals surface area contributed by atoms with Crippen molar-refractivity contribution < 1.29 is 8.78 Å². The summed E-state index contributed by atoms with van der Waals surface area (Å²) in [5.74, 6) is -0.319. The van der Waals surface area contributed by atoms with Crippen molar-refractivity contribution in [2.24, 2.45) is 5.92 Å². The first-order valence-electron chi connectivity index (χ1n) is 6.80. The van der Waals surface area contributed by atoms with Crippen LogP contribution in [0.3, 0.4) is 0 Å². The topological polar surface area (TPSA) is 12.0 Å². The number of hydrogen-bond acceptors (Lipinski definition) is 1. The van der Waals surface area contributed by atoms with Gasteiger partial charge in [0, 0.05) is 23.5 Å². The average Bonchev–Trinajstić information content (AvgIpc) is 2.43. The molecule has 2 rings (SSSR count). The maximum absolute atomic E-state index is 13.6. The molecule has 19 heavy (non-hydrogen) atoms. The van der Waals surface area contributed by atoms with Crippen LogP contribution in [0.4, 0.5) is 8.78 Å². The molecule has 1 fully saturated rings. The van der Waals surface area contributed by atoms with Gasteiger partial charge in [-0.25, -0.2) is 8.78 Å². The van der Waals surface area contributed by atoms with Crippen LogP contribution in [0.5, 0.6) is 0 Å². The fourth-order valence-electron chi connectivity index (χ4n) is 2.64. The zero-order chi connectivity index (χ0) is 13.9. The van der Waals surface area contributed by atoms with Crippen molar-refractivity contribution in [2.45, 2.75) is 44.7 Å². The van der Waals surface area contributed by atoms with Crippen LogP contribution >= 0.6 is 11.6 Å². The van der Waals surface area contributed by atoms with Gasteiger partial charge in [-0.2, -0.15) is 0 Å². The van der Waals surface area contributed by atoms with Crippen LogP contribution < -0.4 is 5.32 Å². The summed E-state index contributed by atoms with van der Waals surface area (Å²) in [6, 6.07) is 4.28. The molecule has 1 aliphatic carbocycles. The van der Waals surface area contributed by atoms with E-state index in [4.69, 9.17) is 11.6 Å². The number of benzene rings is 1. The van der Waals surface area contributed by atoms with Gasteiger partial charge in [0.05, 0.1) is 0 Å². The Labute approximate surface area is 118 Å². The van der Waals surface area contributed by atoms with Gasteiger partial charge >= 0.3 is 0 Å². The van der Waals surface area contributed by atoms with Crippen molar-refractivity contribution in [3.05, 3.63) is 35.4 Å². The van der Waals surface area contributed by atoms with E-state index in [1.165, 1.54) is 6.07 Å². The number of alkyl halides is 1. The molecule has 1 aromatic rings. The molecule has 0 atom stereocenters. The first-order chi connectivity index (χ1) is 9.06. The largest absolute Gasteiger partial charge is 0.306 e. The van der Waals surface area contributed by atoms with Crippen LogP contribution in [0.15, 0.2) is 18.2 Å². The quantitative estimate of drug-likeness (QED) is 0.817. The summed E-state index contributed by atoms with van der Waals surface area (Å²) in [5.41, 5.74) is 0.232. The van der Waals surface area contributed by atoms with Crippen LogP contribution in [0, 0.1) is 17.6 Å². The maximum Gasteiger partial charge on any atom is 0.163 e. The van der Waals surface area contributed by atoms with E-state index in [-0.39, 0.29) is 5.54 Å². The number of hydrogen-bond donors (Lipinski definition) is 1. The molecule has 0 radical (unpaired) electrons. The molecule has 1 saturated carbocycles. The van der Waals surface area contributed by atoms with Gasteiger partial charge in [0.1, 0.15) is 0 Å². The second-order valence-corrected chi connectivity index (χ2v) is 5.93. The highest BCUT2D eigenvalue weighted by Gasteiger charge is 2.33. The van der Waals surface area contributed by atoms with Crippen LogP contribution in [0.1, 0.15) is 38.2 Å². The number of rotatable bonds is 4. The Kier molecular flexibility index (Phi) is 4.80. The summed E-state index contributed by atoms with van der Waals surface area (Å²) in [7, 11) is 0. The van der Waals surface area contributed by atoms with E-state index in [1.807, 2.05) is 0 Å². The van der Waals surface area contributed by atoms with Crippen LogP contribution in [0.2, 0.25) is 0 Å². The minimum Gasteiger partial charge on any atom is -0.306 e. The molecule has 106 valence electrons. The minimum atomic E-state index is -0.795. The van der Waals surface area contributed by atoms with E-state index in [1.54, 1.807) is 6.07 Å². The molecule has 0 spiro atoms. The first-order valence-corrected chi connectivity index (χ1v) is 7.34. The summed E-state index contributed by atoms with van der Waals surface area (Å²) >= 11 is 6.09. The Balaban J connectivity index is 2.02. The normalized spacial score (nSPS) is 27.5. The molecule has 1 aliphatic rings. The lowest BCUT2D eigenvalue weighted by Crippen LogP contribution is -2.49. The molecule has 0 bridgehead atoms. The van der Waals surface area contributed by atoms with Gasteiger partial charge in [0.15, 0.2) is 11.6 Å². The molecule has 1 nitrogen and oxygen atoms in total. The van der Waals surface area contributed by atoms with Gasteiger partial charge in [-0.3, -0.25) is 0 Å². The lowest BCUT2D eigenvalue weighted by atomic mass is 9.78. The zero-order valence-electron chi connectivity index (χ0n) is 11.2. The van der Waals surface area contributed by atoms with E-state index >= 15 is 0 Å². The summed E-state index contributed by atoms with van der Waals surface area (Å²) in [4.78, 5) is 0. The van der Waals surface area contributed by atoms with Crippen molar-refractivity contribution in [3.63, 3.8) is 0 Å². The van der Waals surface area contributed by atoms with Crippen LogP contribution in [0.25, 0.3) is 0 Å². The van der Waals surface area contributed by atoms with Crippen molar-refractivity contribution in [2.75, 3.05) is 5.88 Å². The first kappa shape index (κ1) is 14.7. The van der Waals surface area contributed by atoms with E-state index in [0.29, 0.717) is 18.0 Å². The van der Waals surface area contributed by atoms with Gasteiger partial charge in [0.25, 0.3) is 0 Å². The molecule has 0 aliphatic heterocycles. The van der Waals surface area contributed by atoms with Crippen molar-refractivity contribution >= 4 is 11.6 Å². The number of nitrogens with one attached hydrogen (secondary N) is 1. The van der Waals surface area contributed by atoms with Crippen LogP contribution in [-0.4, -0.2) is 11.4 Å². The van der Waals surface area contributed by atoms with Gasteiger partial charge < -0.3 is 5.32 Å². The molecular weight excluding hydrogens is 268 g/mol. The predicted molar refractivity (Wildman–Crippen MR) is 74.3 cm³/mol. The van der Waals surface area contributed by atoms with Gasteiger partial charge in [-0.05, 0) is 37.7 Å². The van der Waals surface area contributed by atoms with E-state index in [0.717, 1.165) is 37.7 Å². The Morgan fingerprint density at radius 1 is 1.32 bits per heavy atom. The highest BCUT2D eigenvalue weighted by molar-refractivity contribution is 6.18. The third-order valence-corrected chi connectivity index (χ3v) is 4.68. The lowest BCUT2D eigenvalue weighted by molar-refractivity contribution is 0.215. The standard InChI is InChI=1S/C15H20ClF2N/c1-11-5-7-15(10-16,8-6-11)19-9-12-3-2-4-13(17)14(12)18/h2-4,11,19H,5-10H2,1H3. The molecule has 1 N–H and O–H groups in total. The average molecular weight is 288 g/mol. The summed E-state index contributed by atoms with van der Waals surface area (Å²) in [5, 5.41) is 3.35. The zero-order valence-corrected chi connectivity index (χ0v) is 11.9. The molecule has 0 amide bonds. The molecule has 1 aromatic carbocycles. The second kappa shape index (κ2) is 6.19. The second-order valence-electron chi connectivity index (χ2n) is 5.66. The molecule has 0 saturated heterocycles. The van der Waals surface area contributed by atoms with E-state index in [2.05, 4.69) is 12.2 Å². The fourth-order valence-corrected chi connectivity index (χ4v) is 3.00.